The topological polar surface area (TPSA) is 92.9 Å². The molecule has 0 fully saturated rings. The maximum atomic E-state index is 11.3. The van der Waals surface area contributed by atoms with Crippen LogP contribution in [-0.4, -0.2) is 35.7 Å². The summed E-state index contributed by atoms with van der Waals surface area (Å²) in [4.78, 5) is 23.4. The number of nitro groups is 1. The van der Waals surface area contributed by atoms with Gasteiger partial charge >= 0.3 is 11.7 Å². The van der Waals surface area contributed by atoms with Crippen molar-refractivity contribution < 1.29 is 19.6 Å². The Kier molecular flexibility index (Phi) is 5.95. The van der Waals surface area contributed by atoms with Crippen LogP contribution < -0.4 is 9.64 Å². The molecule has 116 valence electrons. The average Bonchev–Trinajstić information content (AvgIpc) is 2.44. The fourth-order valence-corrected chi connectivity index (χ4v) is 2.09. The van der Waals surface area contributed by atoms with Crippen molar-refractivity contribution in [2.75, 3.05) is 18.6 Å². The smallest absolute Gasteiger partial charge is 0.333 e. The first-order chi connectivity index (χ1) is 9.93. The van der Waals surface area contributed by atoms with Crippen molar-refractivity contribution >= 4 is 17.3 Å². The van der Waals surface area contributed by atoms with E-state index in [0.29, 0.717) is 13.0 Å². The van der Waals surface area contributed by atoms with Crippen LogP contribution >= 0.6 is 0 Å². The second-order valence-corrected chi connectivity index (χ2v) is 4.60. The number of ether oxygens (including phenoxy) is 1. The summed E-state index contributed by atoms with van der Waals surface area (Å²) in [5, 5.41) is 20.5. The molecule has 1 atom stereocenters. The predicted octanol–water partition coefficient (Wildman–Crippen LogP) is 2.68. The third-order valence-electron chi connectivity index (χ3n) is 3.14. The van der Waals surface area contributed by atoms with Gasteiger partial charge in [0.1, 0.15) is 11.7 Å². The summed E-state index contributed by atoms with van der Waals surface area (Å²) in [5.41, 5.74) is 0.0380. The molecule has 0 bridgehead atoms. The molecule has 0 saturated carbocycles. The van der Waals surface area contributed by atoms with Crippen LogP contribution in [0.25, 0.3) is 0 Å². The Bertz CT molecular complexity index is 518. The summed E-state index contributed by atoms with van der Waals surface area (Å²) in [6.07, 6.45) is 1.06. The molecular formula is C14H20N2O5. The van der Waals surface area contributed by atoms with Gasteiger partial charge in [-0.2, -0.15) is 0 Å². The first-order valence-electron chi connectivity index (χ1n) is 6.79. The third kappa shape index (κ3) is 3.84. The molecule has 0 aliphatic heterocycles. The Morgan fingerprint density at radius 3 is 2.62 bits per heavy atom. The van der Waals surface area contributed by atoms with Crippen molar-refractivity contribution in [2.24, 2.45) is 0 Å². The number of benzene rings is 1. The average molecular weight is 296 g/mol. The SMILES string of the molecule is CCCOc1cccc(N(C)C(CC)C(=O)O)c1[N+](=O)[O-]. The van der Waals surface area contributed by atoms with Crippen molar-refractivity contribution in [1.82, 2.24) is 0 Å². The van der Waals surface area contributed by atoms with E-state index in [2.05, 4.69) is 0 Å². The first-order valence-corrected chi connectivity index (χ1v) is 6.79. The molecule has 1 aromatic rings. The monoisotopic (exact) mass is 296 g/mol. The normalized spacial score (nSPS) is 11.8. The van der Waals surface area contributed by atoms with Crippen molar-refractivity contribution in [1.29, 1.82) is 0 Å². The largest absolute Gasteiger partial charge is 0.487 e. The van der Waals surface area contributed by atoms with Gasteiger partial charge in [0.15, 0.2) is 5.75 Å². The van der Waals surface area contributed by atoms with E-state index in [1.807, 2.05) is 6.92 Å². The molecule has 7 heteroatoms. The van der Waals surface area contributed by atoms with Crippen LogP contribution in [0.4, 0.5) is 11.4 Å². The molecule has 0 aliphatic carbocycles. The van der Waals surface area contributed by atoms with Gasteiger partial charge in [0.25, 0.3) is 0 Å². The van der Waals surface area contributed by atoms with E-state index in [1.165, 1.54) is 24.1 Å². The molecule has 7 nitrogen and oxygen atoms in total. The van der Waals surface area contributed by atoms with Crippen LogP contribution in [0, 0.1) is 10.1 Å². The third-order valence-corrected chi connectivity index (χ3v) is 3.14. The van der Waals surface area contributed by atoms with Crippen LogP contribution in [0.5, 0.6) is 5.75 Å². The summed E-state index contributed by atoms with van der Waals surface area (Å²) >= 11 is 0. The van der Waals surface area contributed by atoms with Crippen LogP contribution in [0.1, 0.15) is 26.7 Å². The molecule has 1 aromatic carbocycles. The second kappa shape index (κ2) is 7.47. The zero-order valence-corrected chi connectivity index (χ0v) is 12.4. The van der Waals surface area contributed by atoms with Crippen molar-refractivity contribution in [3.8, 4) is 5.75 Å². The first kappa shape index (κ1) is 16.7. The maximum absolute atomic E-state index is 11.3. The minimum absolute atomic E-state index is 0.159. The summed E-state index contributed by atoms with van der Waals surface area (Å²) in [6.45, 7) is 3.99. The number of likely N-dealkylation sites (N-methyl/N-ethyl adjacent to an activating group) is 1. The van der Waals surface area contributed by atoms with Crippen LogP contribution in [-0.2, 0) is 4.79 Å². The van der Waals surface area contributed by atoms with Gasteiger partial charge in [0, 0.05) is 7.05 Å². The molecule has 0 aliphatic rings. The zero-order chi connectivity index (χ0) is 16.0. The predicted molar refractivity (Wildman–Crippen MR) is 79.0 cm³/mol. The number of hydrogen-bond donors (Lipinski definition) is 1. The van der Waals surface area contributed by atoms with Gasteiger partial charge in [-0.05, 0) is 25.0 Å². The number of anilines is 1. The van der Waals surface area contributed by atoms with E-state index in [-0.39, 0.29) is 17.1 Å². The highest BCUT2D eigenvalue weighted by Crippen LogP contribution is 2.37. The number of carbonyl (C=O) groups is 1. The van der Waals surface area contributed by atoms with Gasteiger partial charge in [0.05, 0.1) is 11.5 Å². The van der Waals surface area contributed by atoms with E-state index >= 15 is 0 Å². The molecule has 0 radical (unpaired) electrons. The Balaban J connectivity index is 3.28. The van der Waals surface area contributed by atoms with Gasteiger partial charge in [-0.25, -0.2) is 4.79 Å². The van der Waals surface area contributed by atoms with E-state index in [4.69, 9.17) is 4.74 Å². The molecular weight excluding hydrogens is 276 g/mol. The molecule has 0 saturated heterocycles. The number of carboxylic acids is 1. The van der Waals surface area contributed by atoms with Crippen LogP contribution in [0.2, 0.25) is 0 Å². The highest BCUT2D eigenvalue weighted by molar-refractivity contribution is 5.81. The number of nitro benzene ring substituents is 1. The quantitative estimate of drug-likeness (QED) is 0.585. The minimum atomic E-state index is -1.02. The second-order valence-electron chi connectivity index (χ2n) is 4.60. The van der Waals surface area contributed by atoms with E-state index in [0.717, 1.165) is 6.42 Å². The van der Waals surface area contributed by atoms with E-state index in [9.17, 15) is 20.0 Å². The number of aliphatic carboxylic acids is 1. The lowest BCUT2D eigenvalue weighted by molar-refractivity contribution is -0.385. The van der Waals surface area contributed by atoms with Gasteiger partial charge in [-0.1, -0.05) is 19.9 Å². The molecule has 1 rings (SSSR count). The molecule has 0 heterocycles. The Morgan fingerprint density at radius 2 is 2.14 bits per heavy atom. The van der Waals surface area contributed by atoms with Gasteiger partial charge < -0.3 is 14.7 Å². The van der Waals surface area contributed by atoms with E-state index in [1.54, 1.807) is 13.0 Å². The van der Waals surface area contributed by atoms with Crippen molar-refractivity contribution in [3.63, 3.8) is 0 Å². The highest BCUT2D eigenvalue weighted by atomic mass is 16.6. The zero-order valence-electron chi connectivity index (χ0n) is 12.4. The lowest BCUT2D eigenvalue weighted by atomic mass is 10.1. The number of rotatable bonds is 8. The molecule has 0 aromatic heterocycles. The molecule has 0 amide bonds. The fourth-order valence-electron chi connectivity index (χ4n) is 2.09. The Hall–Kier alpha value is -2.31. The van der Waals surface area contributed by atoms with Crippen molar-refractivity contribution in [3.05, 3.63) is 28.3 Å². The lowest BCUT2D eigenvalue weighted by Gasteiger charge is -2.25. The number of para-hydroxylation sites is 1. The van der Waals surface area contributed by atoms with Gasteiger partial charge in [-0.15, -0.1) is 0 Å². The van der Waals surface area contributed by atoms with E-state index < -0.39 is 16.9 Å². The fraction of sp³-hybridized carbons (Fsp3) is 0.500. The summed E-state index contributed by atoms with van der Waals surface area (Å²) in [5.74, 6) is -0.861. The summed E-state index contributed by atoms with van der Waals surface area (Å²) < 4.78 is 5.40. The van der Waals surface area contributed by atoms with Gasteiger partial charge in [0.2, 0.25) is 0 Å². The maximum Gasteiger partial charge on any atom is 0.333 e. The molecule has 1 unspecified atom stereocenters. The number of hydrogen-bond acceptors (Lipinski definition) is 5. The lowest BCUT2D eigenvalue weighted by Crippen LogP contribution is -2.38. The summed E-state index contributed by atoms with van der Waals surface area (Å²) in [6, 6.07) is 3.85. The standard InChI is InChI=1S/C14H20N2O5/c1-4-9-21-12-8-6-7-11(13(12)16(19)20)15(3)10(5-2)14(17)18/h6-8,10H,4-5,9H2,1-3H3,(H,17,18). The number of carboxylic acid groups (broad SMARTS) is 1. The van der Waals surface area contributed by atoms with Crippen LogP contribution in [0.3, 0.4) is 0 Å². The van der Waals surface area contributed by atoms with Gasteiger partial charge in [-0.3, -0.25) is 10.1 Å². The van der Waals surface area contributed by atoms with Crippen LogP contribution in [0.15, 0.2) is 18.2 Å². The number of nitrogens with zero attached hydrogens (tertiary/aromatic N) is 2. The Labute approximate surface area is 123 Å². The molecule has 0 spiro atoms. The highest BCUT2D eigenvalue weighted by Gasteiger charge is 2.29. The van der Waals surface area contributed by atoms with Crippen molar-refractivity contribution in [2.45, 2.75) is 32.7 Å². The molecule has 1 N–H and O–H groups in total. The Morgan fingerprint density at radius 1 is 1.48 bits per heavy atom. The molecule has 21 heavy (non-hydrogen) atoms. The minimum Gasteiger partial charge on any atom is -0.487 e. The summed E-state index contributed by atoms with van der Waals surface area (Å²) in [7, 11) is 1.54.